The molecule has 7 heteroatoms. The van der Waals surface area contributed by atoms with Crippen LogP contribution >= 0.6 is 15.9 Å². The molecule has 0 amide bonds. The van der Waals surface area contributed by atoms with Crippen LogP contribution in [0.2, 0.25) is 0 Å². The Hall–Kier alpha value is -1.28. The highest BCUT2D eigenvalue weighted by molar-refractivity contribution is 9.10. The average Bonchev–Trinajstić information content (AvgIpc) is 2.90. The van der Waals surface area contributed by atoms with Crippen molar-refractivity contribution >= 4 is 26.0 Å². The normalized spacial score (nSPS) is 22.4. The second-order valence-electron chi connectivity index (χ2n) is 5.58. The molecule has 2 aromatic rings. The first-order valence-corrected chi connectivity index (χ1v) is 9.38. The van der Waals surface area contributed by atoms with E-state index in [1.54, 1.807) is 0 Å². The molecule has 1 fully saturated rings. The number of rotatable bonds is 3. The molecule has 0 spiro atoms. The molecule has 2 atom stereocenters. The summed E-state index contributed by atoms with van der Waals surface area (Å²) in [5, 5.41) is 0. The minimum atomic E-state index is -3.72. The molecule has 0 unspecified atom stereocenters. The fourth-order valence-electron chi connectivity index (χ4n) is 2.86. The lowest BCUT2D eigenvalue weighted by molar-refractivity contribution is 0.469. The van der Waals surface area contributed by atoms with Crippen molar-refractivity contribution in [1.82, 2.24) is 4.31 Å². The van der Waals surface area contributed by atoms with Crippen LogP contribution in [-0.2, 0) is 10.0 Å². The van der Waals surface area contributed by atoms with E-state index < -0.39 is 15.8 Å². The fourth-order valence-corrected chi connectivity index (χ4v) is 5.38. The van der Waals surface area contributed by atoms with E-state index in [0.717, 1.165) is 17.7 Å². The Balaban J connectivity index is 1.90. The minimum absolute atomic E-state index is 0.0507. The molecule has 23 heavy (non-hydrogen) atoms. The van der Waals surface area contributed by atoms with E-state index in [1.165, 1.54) is 10.4 Å². The Morgan fingerprint density at radius 2 is 1.83 bits per heavy atom. The van der Waals surface area contributed by atoms with Crippen LogP contribution < -0.4 is 5.73 Å². The van der Waals surface area contributed by atoms with Crippen molar-refractivity contribution in [3.63, 3.8) is 0 Å². The van der Waals surface area contributed by atoms with E-state index in [1.807, 2.05) is 30.3 Å². The van der Waals surface area contributed by atoms with Crippen LogP contribution in [0.15, 0.2) is 57.9 Å². The number of halogens is 2. The van der Waals surface area contributed by atoms with Crippen molar-refractivity contribution in [1.29, 1.82) is 0 Å². The van der Waals surface area contributed by atoms with Crippen molar-refractivity contribution in [2.75, 3.05) is 13.1 Å². The van der Waals surface area contributed by atoms with Gasteiger partial charge in [0.05, 0.1) is 4.90 Å². The number of hydrogen-bond acceptors (Lipinski definition) is 3. The van der Waals surface area contributed by atoms with Gasteiger partial charge in [-0.25, -0.2) is 12.8 Å². The zero-order valence-corrected chi connectivity index (χ0v) is 14.6. The second-order valence-corrected chi connectivity index (χ2v) is 8.34. The zero-order valence-electron chi connectivity index (χ0n) is 12.2. The molecular formula is C16H16BrFN2O2S. The quantitative estimate of drug-likeness (QED) is 0.864. The molecule has 1 aliphatic heterocycles. The van der Waals surface area contributed by atoms with E-state index >= 15 is 0 Å². The summed E-state index contributed by atoms with van der Waals surface area (Å²) in [6.45, 7) is 0.559. The third kappa shape index (κ3) is 3.19. The maximum absolute atomic E-state index is 13.2. The first-order valence-electron chi connectivity index (χ1n) is 7.15. The van der Waals surface area contributed by atoms with Gasteiger partial charge in [-0.2, -0.15) is 4.31 Å². The Kier molecular flexibility index (Phi) is 4.55. The van der Waals surface area contributed by atoms with Crippen LogP contribution in [0.4, 0.5) is 4.39 Å². The lowest BCUT2D eigenvalue weighted by atomic mass is 9.95. The highest BCUT2D eigenvalue weighted by Crippen LogP contribution is 2.33. The van der Waals surface area contributed by atoms with Gasteiger partial charge in [-0.3, -0.25) is 0 Å². The molecule has 0 saturated carbocycles. The standard InChI is InChI=1S/C16H16BrFN2O2S/c17-14-8-12(18)6-7-16(14)23(21,22)20-9-13(15(19)10-20)11-4-2-1-3-5-11/h1-8,13,15H,9-10,19H2/t13-,15+/m0/s1. The van der Waals surface area contributed by atoms with Crippen LogP contribution in [-0.4, -0.2) is 31.9 Å². The smallest absolute Gasteiger partial charge is 0.244 e. The number of hydrogen-bond donors (Lipinski definition) is 1. The lowest BCUT2D eigenvalue weighted by Gasteiger charge is -2.17. The summed E-state index contributed by atoms with van der Waals surface area (Å²) < 4.78 is 40.4. The van der Waals surface area contributed by atoms with Gasteiger partial charge < -0.3 is 5.73 Å². The maximum Gasteiger partial charge on any atom is 0.244 e. The van der Waals surface area contributed by atoms with Crippen molar-refractivity contribution < 1.29 is 12.8 Å². The maximum atomic E-state index is 13.2. The molecule has 0 radical (unpaired) electrons. The van der Waals surface area contributed by atoms with Crippen molar-refractivity contribution in [3.05, 3.63) is 64.4 Å². The van der Waals surface area contributed by atoms with Gasteiger partial charge in [0.25, 0.3) is 0 Å². The summed E-state index contributed by atoms with van der Waals surface area (Å²) in [4.78, 5) is 0.0554. The van der Waals surface area contributed by atoms with Crippen LogP contribution in [0.3, 0.4) is 0 Å². The van der Waals surface area contributed by atoms with Gasteiger partial charge in [0, 0.05) is 29.5 Å². The monoisotopic (exact) mass is 398 g/mol. The average molecular weight is 399 g/mol. The van der Waals surface area contributed by atoms with Crippen molar-refractivity contribution in [3.8, 4) is 0 Å². The largest absolute Gasteiger partial charge is 0.326 e. The van der Waals surface area contributed by atoms with Gasteiger partial charge in [0.2, 0.25) is 10.0 Å². The molecule has 1 heterocycles. The lowest BCUT2D eigenvalue weighted by Crippen LogP contribution is -2.32. The van der Waals surface area contributed by atoms with E-state index in [4.69, 9.17) is 5.73 Å². The predicted molar refractivity (Wildman–Crippen MR) is 90.0 cm³/mol. The van der Waals surface area contributed by atoms with Gasteiger partial charge in [-0.1, -0.05) is 30.3 Å². The third-order valence-electron chi connectivity index (χ3n) is 4.07. The number of nitrogens with zero attached hydrogens (tertiary/aromatic N) is 1. The summed E-state index contributed by atoms with van der Waals surface area (Å²) in [5.74, 6) is -0.540. The Labute approximate surface area is 143 Å². The summed E-state index contributed by atoms with van der Waals surface area (Å²) in [6.07, 6.45) is 0. The Morgan fingerprint density at radius 3 is 2.48 bits per heavy atom. The van der Waals surface area contributed by atoms with Gasteiger partial charge >= 0.3 is 0 Å². The summed E-state index contributed by atoms with van der Waals surface area (Å²) in [5.41, 5.74) is 7.18. The SMILES string of the molecule is N[C@@H]1CN(S(=O)(=O)c2ccc(F)cc2Br)C[C@H]1c1ccccc1. The molecule has 122 valence electrons. The number of sulfonamides is 1. The van der Waals surface area contributed by atoms with Crippen LogP contribution in [0.25, 0.3) is 0 Å². The topological polar surface area (TPSA) is 63.4 Å². The van der Waals surface area contributed by atoms with Gasteiger partial charge in [0.15, 0.2) is 0 Å². The minimum Gasteiger partial charge on any atom is -0.326 e. The predicted octanol–water partition coefficient (Wildman–Crippen LogP) is 2.70. The molecule has 0 bridgehead atoms. The van der Waals surface area contributed by atoms with E-state index in [0.29, 0.717) is 6.54 Å². The number of benzene rings is 2. The van der Waals surface area contributed by atoms with Gasteiger partial charge in [-0.05, 0) is 39.7 Å². The summed E-state index contributed by atoms with van der Waals surface area (Å²) >= 11 is 3.13. The zero-order chi connectivity index (χ0) is 16.6. The molecule has 1 saturated heterocycles. The second kappa shape index (κ2) is 6.32. The molecule has 2 aromatic carbocycles. The first kappa shape index (κ1) is 16.6. The van der Waals surface area contributed by atoms with E-state index in [-0.39, 0.29) is 27.9 Å². The molecular weight excluding hydrogens is 383 g/mol. The summed E-state index contributed by atoms with van der Waals surface area (Å²) in [7, 11) is -3.72. The van der Waals surface area contributed by atoms with Gasteiger partial charge in [0.1, 0.15) is 5.82 Å². The van der Waals surface area contributed by atoms with E-state index in [9.17, 15) is 12.8 Å². The summed E-state index contributed by atoms with van der Waals surface area (Å²) in [6, 6.07) is 12.9. The molecule has 1 aliphatic rings. The molecule has 3 rings (SSSR count). The molecule has 4 nitrogen and oxygen atoms in total. The highest BCUT2D eigenvalue weighted by atomic mass is 79.9. The highest BCUT2D eigenvalue weighted by Gasteiger charge is 2.38. The Bertz CT molecular complexity index is 814. The number of nitrogens with two attached hydrogens (primary N) is 1. The molecule has 0 aromatic heterocycles. The molecule has 0 aliphatic carbocycles. The first-order chi connectivity index (χ1) is 10.9. The Morgan fingerprint density at radius 1 is 1.13 bits per heavy atom. The van der Waals surface area contributed by atoms with Crippen molar-refractivity contribution in [2.45, 2.75) is 16.9 Å². The van der Waals surface area contributed by atoms with Crippen LogP contribution in [0, 0.1) is 5.82 Å². The van der Waals surface area contributed by atoms with Gasteiger partial charge in [-0.15, -0.1) is 0 Å². The van der Waals surface area contributed by atoms with Crippen molar-refractivity contribution in [2.24, 2.45) is 5.73 Å². The third-order valence-corrected chi connectivity index (χ3v) is 6.88. The van der Waals surface area contributed by atoms with Crippen LogP contribution in [0.5, 0.6) is 0 Å². The van der Waals surface area contributed by atoms with Crippen LogP contribution in [0.1, 0.15) is 11.5 Å². The fraction of sp³-hybridized carbons (Fsp3) is 0.250. The molecule has 2 N–H and O–H groups in total. The van der Waals surface area contributed by atoms with E-state index in [2.05, 4.69) is 15.9 Å².